The number of rotatable bonds is 6. The second-order valence-corrected chi connectivity index (χ2v) is 10.1. The second kappa shape index (κ2) is 10.3. The summed E-state index contributed by atoms with van der Waals surface area (Å²) in [4.78, 5) is 39.9. The smallest absolute Gasteiger partial charge is 0.406 e. The minimum absolute atomic E-state index is 0.0772. The summed E-state index contributed by atoms with van der Waals surface area (Å²) in [6, 6.07) is 8.43. The minimum Gasteiger partial charge on any atom is -0.406 e. The molecule has 2 aliphatic rings. The van der Waals surface area contributed by atoms with E-state index in [1.54, 1.807) is 24.3 Å². The van der Waals surface area contributed by atoms with Gasteiger partial charge in [-0.15, -0.1) is 13.2 Å². The lowest BCUT2D eigenvalue weighted by Gasteiger charge is -2.33. The number of ether oxygens (including phenoxy) is 1. The van der Waals surface area contributed by atoms with Gasteiger partial charge in [0.1, 0.15) is 29.4 Å². The lowest BCUT2D eigenvalue weighted by molar-refractivity contribution is -0.274. The van der Waals surface area contributed by atoms with Gasteiger partial charge in [-0.2, -0.15) is 5.10 Å². The number of nitrogen functional groups attached to an aromatic ring is 1. The Balaban J connectivity index is 1.24. The van der Waals surface area contributed by atoms with E-state index in [0.29, 0.717) is 28.8 Å². The monoisotopic (exact) mass is 566 g/mol. The van der Waals surface area contributed by atoms with Crippen molar-refractivity contribution < 1.29 is 27.5 Å². The number of carbonyl (C=O) groups excluding carboxylic acids is 2. The van der Waals surface area contributed by atoms with Gasteiger partial charge in [0.15, 0.2) is 5.65 Å². The second-order valence-electron chi connectivity index (χ2n) is 10.1. The van der Waals surface area contributed by atoms with Crippen molar-refractivity contribution in [3.8, 4) is 17.0 Å². The van der Waals surface area contributed by atoms with Crippen LogP contribution in [0.15, 0.2) is 48.9 Å². The van der Waals surface area contributed by atoms with Crippen LogP contribution < -0.4 is 15.8 Å². The predicted molar refractivity (Wildman–Crippen MR) is 142 cm³/mol. The summed E-state index contributed by atoms with van der Waals surface area (Å²) in [6.45, 7) is 1.27. The van der Waals surface area contributed by atoms with Gasteiger partial charge in [-0.1, -0.05) is 12.1 Å². The number of carbonyl (C=O) groups is 2. The molecule has 41 heavy (non-hydrogen) atoms. The lowest BCUT2D eigenvalue weighted by Crippen LogP contribution is -2.41. The standard InChI is InChI=1S/C27H25F3N8O3/c28-27(29,30)41-19-9-10-32-20(12-19)35-25(39)16-5-3-15(4-6-16)22-21-23(31)33-14-34-24(21)38(36-22)18-2-1-11-37(13-18)26(40)17-7-8-17/h3-6,9-10,12,14,17-18H,1-2,7-8,11,13H2,(H2,31,33,34)(H,32,35,39)/t18-/m1/s1. The van der Waals surface area contributed by atoms with Gasteiger partial charge in [0, 0.05) is 42.4 Å². The number of amides is 2. The van der Waals surface area contributed by atoms with E-state index in [1.165, 1.54) is 6.33 Å². The number of anilines is 2. The molecular formula is C27H25F3N8O3. The number of fused-ring (bicyclic) bond motifs is 1. The van der Waals surface area contributed by atoms with Crippen molar-refractivity contribution >= 4 is 34.5 Å². The van der Waals surface area contributed by atoms with Gasteiger partial charge in [-0.3, -0.25) is 9.59 Å². The van der Waals surface area contributed by atoms with Crippen molar-refractivity contribution in [1.82, 2.24) is 29.6 Å². The average Bonchev–Trinajstić information content (AvgIpc) is 3.72. The van der Waals surface area contributed by atoms with Crippen LogP contribution in [0.5, 0.6) is 5.75 Å². The van der Waals surface area contributed by atoms with Crippen LogP contribution in [0.3, 0.4) is 0 Å². The van der Waals surface area contributed by atoms with Crippen LogP contribution in [-0.4, -0.2) is 60.9 Å². The summed E-state index contributed by atoms with van der Waals surface area (Å²) in [5.74, 6) is -0.582. The van der Waals surface area contributed by atoms with E-state index in [-0.39, 0.29) is 35.1 Å². The third-order valence-corrected chi connectivity index (χ3v) is 7.13. The fraction of sp³-hybridized carbons (Fsp3) is 0.333. The Labute approximate surface area is 231 Å². The zero-order valence-corrected chi connectivity index (χ0v) is 21.6. The largest absolute Gasteiger partial charge is 0.573 e. The molecule has 2 fully saturated rings. The Kier molecular flexibility index (Phi) is 6.67. The maximum Gasteiger partial charge on any atom is 0.573 e. The van der Waals surface area contributed by atoms with Gasteiger partial charge < -0.3 is 20.7 Å². The molecule has 2 amide bonds. The van der Waals surface area contributed by atoms with Crippen LogP contribution in [0, 0.1) is 5.92 Å². The number of benzene rings is 1. The Bertz CT molecular complexity index is 1620. The summed E-state index contributed by atoms with van der Waals surface area (Å²) in [6.07, 6.45) is 1.19. The van der Waals surface area contributed by atoms with Crippen molar-refractivity contribution in [1.29, 1.82) is 0 Å². The third-order valence-electron chi connectivity index (χ3n) is 7.13. The molecule has 212 valence electrons. The number of nitrogens with zero attached hydrogens (tertiary/aromatic N) is 6. The third kappa shape index (κ3) is 5.62. The number of pyridine rings is 1. The highest BCUT2D eigenvalue weighted by Gasteiger charge is 2.36. The van der Waals surface area contributed by atoms with E-state index in [9.17, 15) is 22.8 Å². The van der Waals surface area contributed by atoms with Gasteiger partial charge in [0.2, 0.25) is 5.91 Å². The van der Waals surface area contributed by atoms with Crippen molar-refractivity contribution in [3.05, 3.63) is 54.5 Å². The number of hydrogen-bond donors (Lipinski definition) is 2. The SMILES string of the molecule is Nc1ncnc2c1c(-c1ccc(C(=O)Nc3cc(OC(F)(F)F)ccn3)cc1)nn2[C@@H]1CCCN(C(=O)C2CC2)C1. The maximum absolute atomic E-state index is 12.8. The molecule has 1 saturated carbocycles. The van der Waals surface area contributed by atoms with Crippen molar-refractivity contribution in [2.75, 3.05) is 24.1 Å². The number of hydrogen-bond acceptors (Lipinski definition) is 8. The normalized spacial score (nSPS) is 17.4. The average molecular weight is 567 g/mol. The molecule has 4 aromatic rings. The molecule has 0 unspecified atom stereocenters. The highest BCUT2D eigenvalue weighted by molar-refractivity contribution is 6.04. The first-order valence-corrected chi connectivity index (χ1v) is 13.1. The summed E-state index contributed by atoms with van der Waals surface area (Å²) in [5, 5.41) is 7.90. The molecule has 1 aromatic carbocycles. The van der Waals surface area contributed by atoms with Crippen LogP contribution in [0.25, 0.3) is 22.3 Å². The molecule has 1 aliphatic heterocycles. The van der Waals surface area contributed by atoms with Crippen LogP contribution in [0.4, 0.5) is 24.8 Å². The van der Waals surface area contributed by atoms with Crippen LogP contribution in [0.1, 0.15) is 42.1 Å². The molecule has 14 heteroatoms. The molecule has 0 radical (unpaired) electrons. The van der Waals surface area contributed by atoms with Gasteiger partial charge >= 0.3 is 6.36 Å². The zero-order valence-electron chi connectivity index (χ0n) is 21.6. The Morgan fingerprint density at radius 2 is 1.83 bits per heavy atom. The first kappa shape index (κ1) is 26.5. The van der Waals surface area contributed by atoms with E-state index in [4.69, 9.17) is 10.8 Å². The molecule has 1 aliphatic carbocycles. The molecule has 11 nitrogen and oxygen atoms in total. The number of nitrogens with two attached hydrogens (primary N) is 1. The number of halogens is 3. The summed E-state index contributed by atoms with van der Waals surface area (Å²) < 4.78 is 43.3. The molecule has 1 atom stereocenters. The summed E-state index contributed by atoms with van der Waals surface area (Å²) >= 11 is 0. The minimum atomic E-state index is -4.87. The predicted octanol–water partition coefficient (Wildman–Crippen LogP) is 4.19. The molecule has 3 aromatic heterocycles. The summed E-state index contributed by atoms with van der Waals surface area (Å²) in [5.41, 5.74) is 8.26. The fourth-order valence-corrected chi connectivity index (χ4v) is 5.04. The quantitative estimate of drug-likeness (QED) is 0.354. The highest BCUT2D eigenvalue weighted by atomic mass is 19.4. The number of piperidine rings is 1. The van der Waals surface area contributed by atoms with Gasteiger partial charge in [-0.25, -0.2) is 19.6 Å². The fourth-order valence-electron chi connectivity index (χ4n) is 5.04. The molecule has 3 N–H and O–H groups in total. The van der Waals surface area contributed by atoms with Crippen molar-refractivity contribution in [2.45, 2.75) is 38.1 Å². The topological polar surface area (TPSA) is 141 Å². The first-order chi connectivity index (χ1) is 19.7. The Morgan fingerprint density at radius 1 is 1.05 bits per heavy atom. The Hall–Kier alpha value is -4.75. The maximum atomic E-state index is 12.8. The van der Waals surface area contributed by atoms with E-state index in [1.807, 2.05) is 9.58 Å². The number of nitrogens with one attached hydrogen (secondary N) is 1. The summed E-state index contributed by atoms with van der Waals surface area (Å²) in [7, 11) is 0. The van der Waals surface area contributed by atoms with Crippen molar-refractivity contribution in [3.63, 3.8) is 0 Å². The molecule has 0 bridgehead atoms. The van der Waals surface area contributed by atoms with Crippen LogP contribution in [0.2, 0.25) is 0 Å². The molecule has 6 rings (SSSR count). The zero-order chi connectivity index (χ0) is 28.7. The van der Waals surface area contributed by atoms with Crippen molar-refractivity contribution in [2.24, 2.45) is 5.92 Å². The van der Waals surface area contributed by atoms with E-state index in [0.717, 1.165) is 50.6 Å². The number of aromatic nitrogens is 5. The van der Waals surface area contributed by atoms with Crippen LogP contribution in [-0.2, 0) is 4.79 Å². The molecule has 0 spiro atoms. The number of likely N-dealkylation sites (tertiary alicyclic amines) is 1. The van der Waals surface area contributed by atoms with Gasteiger partial charge in [0.25, 0.3) is 5.91 Å². The number of alkyl halides is 3. The Morgan fingerprint density at radius 3 is 2.56 bits per heavy atom. The van der Waals surface area contributed by atoms with E-state index >= 15 is 0 Å². The first-order valence-electron chi connectivity index (χ1n) is 13.1. The van der Waals surface area contributed by atoms with E-state index in [2.05, 4.69) is 25.0 Å². The van der Waals surface area contributed by atoms with Crippen LogP contribution >= 0.6 is 0 Å². The van der Waals surface area contributed by atoms with Gasteiger partial charge in [-0.05, 0) is 43.9 Å². The van der Waals surface area contributed by atoms with Gasteiger partial charge in [0.05, 0.1) is 11.4 Å². The van der Waals surface area contributed by atoms with E-state index < -0.39 is 18.0 Å². The molecular weight excluding hydrogens is 541 g/mol. The lowest BCUT2D eigenvalue weighted by atomic mass is 10.1. The highest BCUT2D eigenvalue weighted by Crippen LogP contribution is 2.36. The molecule has 4 heterocycles. The molecule has 1 saturated heterocycles.